The lowest BCUT2D eigenvalue weighted by Crippen LogP contribution is -2.41. The Labute approximate surface area is 131 Å². The van der Waals surface area contributed by atoms with Crippen molar-refractivity contribution >= 4 is 40.7 Å². The standard InChI is InChI=1S/C13H14Cl3NO3/c14-8-4-9(15)12(19)10(11(8)16)13(20)17-3-1-2-7(5-17)6-18/h4,7,18-19H,1-3,5-6H2. The van der Waals surface area contributed by atoms with Gasteiger partial charge in [-0.05, 0) is 24.8 Å². The van der Waals surface area contributed by atoms with Crippen LogP contribution in [-0.4, -0.2) is 40.7 Å². The maximum Gasteiger partial charge on any atom is 0.259 e. The smallest absolute Gasteiger partial charge is 0.259 e. The normalized spacial score (nSPS) is 19.2. The van der Waals surface area contributed by atoms with Crippen molar-refractivity contribution in [1.29, 1.82) is 0 Å². The summed E-state index contributed by atoms with van der Waals surface area (Å²) in [5, 5.41) is 19.3. The van der Waals surface area contributed by atoms with E-state index in [0.717, 1.165) is 12.8 Å². The molecule has 7 heteroatoms. The Balaban J connectivity index is 2.34. The fraction of sp³-hybridized carbons (Fsp3) is 0.462. The van der Waals surface area contributed by atoms with Crippen molar-refractivity contribution in [3.63, 3.8) is 0 Å². The SMILES string of the molecule is O=C(c1c(O)c(Cl)cc(Cl)c1Cl)N1CCCC(CO)C1. The van der Waals surface area contributed by atoms with E-state index >= 15 is 0 Å². The molecule has 2 N–H and O–H groups in total. The van der Waals surface area contributed by atoms with Gasteiger partial charge in [0.15, 0.2) is 0 Å². The number of phenolic OH excluding ortho intramolecular Hbond substituents is 1. The van der Waals surface area contributed by atoms with Crippen molar-refractivity contribution in [2.45, 2.75) is 12.8 Å². The van der Waals surface area contributed by atoms with E-state index in [4.69, 9.17) is 34.8 Å². The minimum Gasteiger partial charge on any atom is -0.505 e. The largest absolute Gasteiger partial charge is 0.505 e. The second-order valence-electron chi connectivity index (χ2n) is 4.82. The number of phenols is 1. The van der Waals surface area contributed by atoms with E-state index in [-0.39, 0.29) is 38.9 Å². The summed E-state index contributed by atoms with van der Waals surface area (Å²) in [6.07, 6.45) is 1.67. The number of aliphatic hydroxyl groups is 1. The Kier molecular flexibility index (Phi) is 5.02. The van der Waals surface area contributed by atoms with E-state index in [2.05, 4.69) is 0 Å². The summed E-state index contributed by atoms with van der Waals surface area (Å²) >= 11 is 17.7. The Bertz CT molecular complexity index is 510. The maximum absolute atomic E-state index is 12.5. The molecule has 0 bridgehead atoms. The van der Waals surface area contributed by atoms with Crippen LogP contribution in [-0.2, 0) is 0 Å². The summed E-state index contributed by atoms with van der Waals surface area (Å²) < 4.78 is 0. The highest BCUT2D eigenvalue weighted by atomic mass is 35.5. The second-order valence-corrected chi connectivity index (χ2v) is 6.01. The number of aromatic hydroxyl groups is 1. The van der Waals surface area contributed by atoms with Gasteiger partial charge in [0.05, 0.1) is 15.1 Å². The molecule has 0 saturated carbocycles. The molecule has 0 spiro atoms. The number of hydrogen-bond donors (Lipinski definition) is 2. The van der Waals surface area contributed by atoms with Crippen LogP contribution >= 0.6 is 34.8 Å². The Morgan fingerprint density at radius 1 is 1.35 bits per heavy atom. The van der Waals surface area contributed by atoms with Crippen LogP contribution < -0.4 is 0 Å². The lowest BCUT2D eigenvalue weighted by molar-refractivity contribution is 0.0618. The van der Waals surface area contributed by atoms with Crippen LogP contribution in [0.1, 0.15) is 23.2 Å². The first-order chi connectivity index (χ1) is 9.45. The molecule has 1 aliphatic heterocycles. The van der Waals surface area contributed by atoms with E-state index in [9.17, 15) is 15.0 Å². The highest BCUT2D eigenvalue weighted by molar-refractivity contribution is 6.45. The Hall–Kier alpha value is -0.680. The van der Waals surface area contributed by atoms with Gasteiger partial charge >= 0.3 is 0 Å². The molecule has 1 saturated heterocycles. The first-order valence-electron chi connectivity index (χ1n) is 6.22. The van der Waals surface area contributed by atoms with Crippen LogP contribution in [0.4, 0.5) is 0 Å². The molecule has 2 rings (SSSR count). The van der Waals surface area contributed by atoms with E-state index in [1.165, 1.54) is 6.07 Å². The zero-order valence-corrected chi connectivity index (χ0v) is 12.8. The molecule has 1 unspecified atom stereocenters. The van der Waals surface area contributed by atoms with Gasteiger partial charge in [0.1, 0.15) is 11.3 Å². The number of nitrogens with zero attached hydrogens (tertiary/aromatic N) is 1. The lowest BCUT2D eigenvalue weighted by atomic mass is 9.98. The number of rotatable bonds is 2. The Morgan fingerprint density at radius 3 is 2.70 bits per heavy atom. The molecule has 20 heavy (non-hydrogen) atoms. The van der Waals surface area contributed by atoms with Crippen LogP contribution in [0.3, 0.4) is 0 Å². The van der Waals surface area contributed by atoms with Gasteiger partial charge in [-0.1, -0.05) is 34.8 Å². The third-order valence-electron chi connectivity index (χ3n) is 3.42. The fourth-order valence-electron chi connectivity index (χ4n) is 2.34. The third kappa shape index (κ3) is 2.98. The minimum atomic E-state index is -0.421. The van der Waals surface area contributed by atoms with E-state index in [0.29, 0.717) is 13.1 Å². The van der Waals surface area contributed by atoms with Gasteiger partial charge in [-0.3, -0.25) is 4.79 Å². The molecule has 1 aliphatic rings. The number of likely N-dealkylation sites (tertiary alicyclic amines) is 1. The molecule has 110 valence electrons. The number of benzene rings is 1. The molecule has 1 aromatic carbocycles. The molecular formula is C13H14Cl3NO3. The van der Waals surface area contributed by atoms with Gasteiger partial charge in [-0.25, -0.2) is 0 Å². The number of carbonyl (C=O) groups excluding carboxylic acids is 1. The molecule has 1 aromatic rings. The van der Waals surface area contributed by atoms with Crippen molar-refractivity contribution in [1.82, 2.24) is 4.90 Å². The first kappa shape index (κ1) is 15.7. The van der Waals surface area contributed by atoms with Crippen molar-refractivity contribution < 1.29 is 15.0 Å². The molecule has 0 aliphatic carbocycles. The second kappa shape index (κ2) is 6.39. The number of piperidine rings is 1. The summed E-state index contributed by atoms with van der Waals surface area (Å²) in [5.74, 6) is -0.740. The zero-order chi connectivity index (χ0) is 14.9. The summed E-state index contributed by atoms with van der Waals surface area (Å²) in [6, 6.07) is 1.30. The summed E-state index contributed by atoms with van der Waals surface area (Å²) in [7, 11) is 0. The average molecular weight is 339 g/mol. The summed E-state index contributed by atoms with van der Waals surface area (Å²) in [4.78, 5) is 14.0. The van der Waals surface area contributed by atoms with Gasteiger partial charge in [-0.2, -0.15) is 0 Å². The molecule has 0 aromatic heterocycles. The van der Waals surface area contributed by atoms with Crippen LogP contribution in [0.5, 0.6) is 5.75 Å². The van der Waals surface area contributed by atoms with E-state index in [1.807, 2.05) is 0 Å². The average Bonchev–Trinajstić information content (AvgIpc) is 2.45. The quantitative estimate of drug-likeness (QED) is 0.814. The Morgan fingerprint density at radius 2 is 2.05 bits per heavy atom. The van der Waals surface area contributed by atoms with Crippen LogP contribution in [0.15, 0.2) is 6.07 Å². The highest BCUT2D eigenvalue weighted by Gasteiger charge is 2.29. The molecule has 1 fully saturated rings. The number of halogens is 3. The molecule has 1 amide bonds. The number of aliphatic hydroxyl groups excluding tert-OH is 1. The topological polar surface area (TPSA) is 60.8 Å². The fourth-order valence-corrected chi connectivity index (χ4v) is 3.03. The number of amides is 1. The molecular weight excluding hydrogens is 325 g/mol. The molecule has 0 radical (unpaired) electrons. The predicted octanol–water partition coefficient (Wildman–Crippen LogP) is 3.20. The van der Waals surface area contributed by atoms with Crippen LogP contribution in [0, 0.1) is 5.92 Å². The predicted molar refractivity (Wildman–Crippen MR) is 78.9 cm³/mol. The first-order valence-corrected chi connectivity index (χ1v) is 7.35. The summed E-state index contributed by atoms with van der Waals surface area (Å²) in [6.45, 7) is 1.00. The summed E-state index contributed by atoms with van der Waals surface area (Å²) in [5.41, 5.74) is -0.0808. The maximum atomic E-state index is 12.5. The molecule has 1 atom stereocenters. The van der Waals surface area contributed by atoms with E-state index in [1.54, 1.807) is 4.90 Å². The van der Waals surface area contributed by atoms with Gasteiger partial charge in [0.25, 0.3) is 5.91 Å². The van der Waals surface area contributed by atoms with Crippen molar-refractivity contribution in [3.8, 4) is 5.75 Å². The zero-order valence-electron chi connectivity index (χ0n) is 10.6. The third-order valence-corrected chi connectivity index (χ3v) is 4.50. The van der Waals surface area contributed by atoms with Crippen LogP contribution in [0.25, 0.3) is 0 Å². The van der Waals surface area contributed by atoms with Crippen LogP contribution in [0.2, 0.25) is 15.1 Å². The number of carbonyl (C=O) groups is 1. The van der Waals surface area contributed by atoms with Gasteiger partial charge in [0.2, 0.25) is 0 Å². The monoisotopic (exact) mass is 337 g/mol. The minimum absolute atomic E-state index is 0.00955. The molecule has 1 heterocycles. The van der Waals surface area contributed by atoms with Gasteiger partial charge in [-0.15, -0.1) is 0 Å². The molecule has 4 nitrogen and oxygen atoms in total. The van der Waals surface area contributed by atoms with Crippen molar-refractivity contribution in [2.24, 2.45) is 5.92 Å². The number of hydrogen-bond acceptors (Lipinski definition) is 3. The van der Waals surface area contributed by atoms with Crippen molar-refractivity contribution in [3.05, 3.63) is 26.7 Å². The lowest BCUT2D eigenvalue weighted by Gasteiger charge is -2.32. The van der Waals surface area contributed by atoms with E-state index < -0.39 is 5.91 Å². The van der Waals surface area contributed by atoms with Crippen molar-refractivity contribution in [2.75, 3.05) is 19.7 Å². The van der Waals surface area contributed by atoms with Gasteiger partial charge < -0.3 is 15.1 Å². The van der Waals surface area contributed by atoms with Gasteiger partial charge in [0, 0.05) is 19.7 Å². The highest BCUT2D eigenvalue weighted by Crippen LogP contribution is 2.39.